The Morgan fingerprint density at radius 1 is 1.25 bits per heavy atom. The number of nitrogens with two attached hydrogens (primary N) is 1. The van der Waals surface area contributed by atoms with E-state index < -0.39 is 6.43 Å². The lowest BCUT2D eigenvalue weighted by molar-refractivity contribution is 0.151. The Labute approximate surface area is 120 Å². The van der Waals surface area contributed by atoms with E-state index in [1.165, 1.54) is 25.3 Å². The minimum atomic E-state index is -2.48. The minimum absolute atomic E-state index is 0.0464. The third kappa shape index (κ3) is 3.22. The van der Waals surface area contributed by atoms with E-state index in [2.05, 4.69) is 6.92 Å². The van der Waals surface area contributed by atoms with E-state index in [-0.39, 0.29) is 5.56 Å². The van der Waals surface area contributed by atoms with Gasteiger partial charge in [-0.1, -0.05) is 13.3 Å². The molecule has 1 saturated carbocycles. The van der Waals surface area contributed by atoms with Gasteiger partial charge in [-0.2, -0.15) is 0 Å². The molecule has 0 aromatic heterocycles. The number of hydrogen-bond donors (Lipinski definition) is 1. The largest absolute Gasteiger partial charge is 0.399 e. The summed E-state index contributed by atoms with van der Waals surface area (Å²) in [4.78, 5) is 2.02. The first-order chi connectivity index (χ1) is 9.52. The Morgan fingerprint density at radius 2 is 1.90 bits per heavy atom. The molecule has 20 heavy (non-hydrogen) atoms. The quantitative estimate of drug-likeness (QED) is 0.817. The summed E-state index contributed by atoms with van der Waals surface area (Å²) in [7, 11) is 1.92. The maximum atomic E-state index is 13.2. The Kier molecular flexibility index (Phi) is 4.84. The molecule has 2 nitrogen and oxygen atoms in total. The molecule has 4 heteroatoms. The second-order valence-electron chi connectivity index (χ2n) is 5.81. The Morgan fingerprint density at radius 3 is 2.45 bits per heavy atom. The Bertz CT molecular complexity index is 440. The summed E-state index contributed by atoms with van der Waals surface area (Å²) < 4.78 is 26.3. The predicted octanol–water partition coefficient (Wildman–Crippen LogP) is 4.61. The van der Waals surface area contributed by atoms with E-state index in [4.69, 9.17) is 5.73 Å². The highest BCUT2D eigenvalue weighted by Gasteiger charge is 2.26. The van der Waals surface area contributed by atoms with Crippen molar-refractivity contribution < 1.29 is 8.78 Å². The first kappa shape index (κ1) is 15.1. The van der Waals surface area contributed by atoms with Crippen LogP contribution >= 0.6 is 0 Å². The standard InChI is InChI=1S/C16H24F2N2/c1-3-11-4-7-13(8-5-11)20(2)15-9-6-12(19)10-14(15)16(17)18/h6,9-11,13,16H,3-5,7-8,19H2,1-2H3. The van der Waals surface area contributed by atoms with Crippen molar-refractivity contribution >= 4 is 11.4 Å². The highest BCUT2D eigenvalue weighted by Crippen LogP contribution is 2.36. The van der Waals surface area contributed by atoms with Crippen molar-refractivity contribution in [2.45, 2.75) is 51.5 Å². The lowest BCUT2D eigenvalue weighted by Crippen LogP contribution is -2.35. The van der Waals surface area contributed by atoms with Crippen LogP contribution in [0, 0.1) is 5.92 Å². The molecule has 0 amide bonds. The van der Waals surface area contributed by atoms with Gasteiger partial charge in [-0.15, -0.1) is 0 Å². The van der Waals surface area contributed by atoms with Gasteiger partial charge in [0.05, 0.1) is 0 Å². The van der Waals surface area contributed by atoms with Crippen molar-refractivity contribution in [2.24, 2.45) is 5.92 Å². The first-order valence-electron chi connectivity index (χ1n) is 7.43. The van der Waals surface area contributed by atoms with Gasteiger partial charge >= 0.3 is 0 Å². The van der Waals surface area contributed by atoms with Crippen molar-refractivity contribution in [1.29, 1.82) is 0 Å². The molecule has 0 bridgehead atoms. The SMILES string of the molecule is CCC1CCC(N(C)c2ccc(N)cc2C(F)F)CC1. The second-order valence-corrected chi connectivity index (χ2v) is 5.81. The molecule has 0 spiro atoms. The normalized spacial score (nSPS) is 23.1. The molecule has 2 N–H and O–H groups in total. The Balaban J connectivity index is 2.15. The summed E-state index contributed by atoms with van der Waals surface area (Å²) in [5.41, 5.74) is 6.69. The number of halogens is 2. The van der Waals surface area contributed by atoms with Crippen molar-refractivity contribution in [3.05, 3.63) is 23.8 Å². The zero-order valence-corrected chi connectivity index (χ0v) is 12.3. The lowest BCUT2D eigenvalue weighted by Gasteiger charge is -2.36. The zero-order chi connectivity index (χ0) is 14.7. The molecule has 1 aromatic rings. The van der Waals surface area contributed by atoms with Crippen LogP contribution in [-0.2, 0) is 0 Å². The van der Waals surface area contributed by atoms with Gasteiger partial charge in [-0.25, -0.2) is 8.78 Å². The highest BCUT2D eigenvalue weighted by molar-refractivity contribution is 5.60. The van der Waals surface area contributed by atoms with Gasteiger partial charge in [0.1, 0.15) is 0 Å². The van der Waals surface area contributed by atoms with Crippen LogP contribution in [0.5, 0.6) is 0 Å². The van der Waals surface area contributed by atoms with Crippen molar-refractivity contribution in [1.82, 2.24) is 0 Å². The molecule has 0 atom stereocenters. The molecular weight excluding hydrogens is 258 g/mol. The van der Waals surface area contributed by atoms with Crippen molar-refractivity contribution in [2.75, 3.05) is 17.7 Å². The molecule has 112 valence electrons. The Hall–Kier alpha value is -1.32. The molecule has 0 aliphatic heterocycles. The molecule has 1 fully saturated rings. The topological polar surface area (TPSA) is 29.3 Å². The van der Waals surface area contributed by atoms with Crippen LogP contribution in [0.1, 0.15) is 51.0 Å². The summed E-state index contributed by atoms with van der Waals surface area (Å²) in [6.07, 6.45) is 3.31. The minimum Gasteiger partial charge on any atom is -0.399 e. The summed E-state index contributed by atoms with van der Waals surface area (Å²) >= 11 is 0. The monoisotopic (exact) mass is 282 g/mol. The number of nitrogen functional groups attached to an aromatic ring is 1. The zero-order valence-electron chi connectivity index (χ0n) is 12.3. The lowest BCUT2D eigenvalue weighted by atomic mass is 9.84. The average molecular weight is 282 g/mol. The van der Waals surface area contributed by atoms with Crippen LogP contribution in [0.2, 0.25) is 0 Å². The van der Waals surface area contributed by atoms with Gasteiger partial charge in [0.15, 0.2) is 0 Å². The van der Waals surface area contributed by atoms with Crippen LogP contribution in [0.25, 0.3) is 0 Å². The van der Waals surface area contributed by atoms with Gasteiger partial charge in [0, 0.05) is 30.0 Å². The summed E-state index contributed by atoms with van der Waals surface area (Å²) in [5.74, 6) is 0.806. The number of hydrogen-bond acceptors (Lipinski definition) is 2. The number of rotatable bonds is 4. The number of alkyl halides is 2. The van der Waals surface area contributed by atoms with Crippen LogP contribution < -0.4 is 10.6 Å². The van der Waals surface area contributed by atoms with Crippen LogP contribution in [0.15, 0.2) is 18.2 Å². The van der Waals surface area contributed by atoms with Gasteiger partial charge in [0.25, 0.3) is 6.43 Å². The maximum Gasteiger partial charge on any atom is 0.265 e. The number of anilines is 2. The summed E-state index contributed by atoms with van der Waals surface area (Å²) in [6.45, 7) is 2.23. The van der Waals surface area contributed by atoms with Crippen molar-refractivity contribution in [3.63, 3.8) is 0 Å². The van der Waals surface area contributed by atoms with Gasteiger partial charge < -0.3 is 10.6 Å². The van der Waals surface area contributed by atoms with E-state index in [0.717, 1.165) is 18.8 Å². The van der Waals surface area contributed by atoms with E-state index in [0.29, 0.717) is 17.4 Å². The molecule has 1 aromatic carbocycles. The average Bonchev–Trinajstić information content (AvgIpc) is 2.46. The fourth-order valence-corrected chi connectivity index (χ4v) is 3.21. The smallest absolute Gasteiger partial charge is 0.265 e. The maximum absolute atomic E-state index is 13.2. The molecule has 0 heterocycles. The fourth-order valence-electron chi connectivity index (χ4n) is 3.21. The van der Waals surface area contributed by atoms with E-state index >= 15 is 0 Å². The molecule has 0 radical (unpaired) electrons. The molecule has 0 unspecified atom stereocenters. The predicted molar refractivity (Wildman–Crippen MR) is 80.3 cm³/mol. The van der Waals surface area contributed by atoms with Gasteiger partial charge in [-0.3, -0.25) is 0 Å². The highest BCUT2D eigenvalue weighted by atomic mass is 19.3. The van der Waals surface area contributed by atoms with Crippen molar-refractivity contribution in [3.8, 4) is 0 Å². The summed E-state index contributed by atoms with van der Waals surface area (Å²) in [6, 6.07) is 5.19. The molecule has 2 rings (SSSR count). The molecule has 1 aliphatic rings. The van der Waals surface area contributed by atoms with Gasteiger partial charge in [-0.05, 0) is 49.8 Å². The number of benzene rings is 1. The third-order valence-corrected chi connectivity index (χ3v) is 4.61. The molecule has 0 saturated heterocycles. The third-order valence-electron chi connectivity index (χ3n) is 4.61. The second kappa shape index (κ2) is 6.42. The van der Waals surface area contributed by atoms with Gasteiger partial charge in [0.2, 0.25) is 0 Å². The first-order valence-corrected chi connectivity index (χ1v) is 7.43. The molecule has 1 aliphatic carbocycles. The fraction of sp³-hybridized carbons (Fsp3) is 0.625. The van der Waals surface area contributed by atoms with E-state index in [1.54, 1.807) is 12.1 Å². The van der Waals surface area contributed by atoms with E-state index in [1.807, 2.05) is 11.9 Å². The molecular formula is C16H24F2N2. The van der Waals surface area contributed by atoms with Crippen LogP contribution in [0.4, 0.5) is 20.2 Å². The van der Waals surface area contributed by atoms with Crippen LogP contribution in [-0.4, -0.2) is 13.1 Å². The van der Waals surface area contributed by atoms with E-state index in [9.17, 15) is 8.78 Å². The number of nitrogens with zero attached hydrogens (tertiary/aromatic N) is 1. The van der Waals surface area contributed by atoms with Crippen LogP contribution in [0.3, 0.4) is 0 Å². The summed E-state index contributed by atoms with van der Waals surface area (Å²) in [5, 5.41) is 0.